The van der Waals surface area contributed by atoms with Crippen LogP contribution < -0.4 is 16.0 Å². The Morgan fingerprint density at radius 1 is 1.16 bits per heavy atom. The monoisotopic (exact) mass is 415 g/mol. The van der Waals surface area contributed by atoms with Gasteiger partial charge < -0.3 is 16.0 Å². The number of anilines is 2. The molecule has 2 amide bonds. The van der Waals surface area contributed by atoms with Crippen LogP contribution in [0.15, 0.2) is 60.9 Å². The number of hydrogen-bond acceptors (Lipinski definition) is 4. The third-order valence-corrected chi connectivity index (χ3v) is 5.35. The standard InChI is InChI=1S/C23H18FN5O2/c1-25-22(30)17-5-3-15(11-18(17)24)28-19-6-7-20(29-9-8-26-21(19)29)13-2-4-16-14(10-13)12-27-23(16)31/h2-11,28H,12H2,1H3,(H,25,30)(H,27,31). The number of nitrogens with zero attached hydrogens (tertiary/aromatic N) is 2. The molecule has 7 nitrogen and oxygen atoms in total. The van der Waals surface area contributed by atoms with Gasteiger partial charge in [0.05, 0.1) is 16.9 Å². The second-order valence-electron chi connectivity index (χ2n) is 7.21. The zero-order valence-corrected chi connectivity index (χ0v) is 16.6. The van der Waals surface area contributed by atoms with Crippen LogP contribution in [0.3, 0.4) is 0 Å². The van der Waals surface area contributed by atoms with Gasteiger partial charge >= 0.3 is 0 Å². The molecule has 31 heavy (non-hydrogen) atoms. The molecule has 2 aromatic heterocycles. The molecule has 3 heterocycles. The topological polar surface area (TPSA) is 87.5 Å². The van der Waals surface area contributed by atoms with Gasteiger partial charge in [0.15, 0.2) is 5.65 Å². The Kier molecular flexibility index (Phi) is 4.39. The summed E-state index contributed by atoms with van der Waals surface area (Å²) in [6.45, 7) is 0.520. The van der Waals surface area contributed by atoms with Gasteiger partial charge in [0, 0.05) is 37.2 Å². The first kappa shape index (κ1) is 18.8. The Morgan fingerprint density at radius 2 is 2.03 bits per heavy atom. The van der Waals surface area contributed by atoms with Gasteiger partial charge in [-0.2, -0.15) is 0 Å². The Morgan fingerprint density at radius 3 is 2.84 bits per heavy atom. The van der Waals surface area contributed by atoms with Crippen LogP contribution in [0.5, 0.6) is 0 Å². The van der Waals surface area contributed by atoms with Crippen LogP contribution in [0.4, 0.5) is 15.8 Å². The van der Waals surface area contributed by atoms with Crippen molar-refractivity contribution in [3.8, 4) is 11.3 Å². The lowest BCUT2D eigenvalue weighted by Gasteiger charge is -2.13. The summed E-state index contributed by atoms with van der Waals surface area (Å²) < 4.78 is 16.2. The zero-order chi connectivity index (χ0) is 21.5. The first-order chi connectivity index (χ1) is 15.0. The molecule has 1 aliphatic heterocycles. The highest BCUT2D eigenvalue weighted by molar-refractivity contribution is 5.99. The largest absolute Gasteiger partial charge is 0.355 e. The van der Waals surface area contributed by atoms with E-state index in [4.69, 9.17) is 0 Å². The summed E-state index contributed by atoms with van der Waals surface area (Å²) in [5.41, 5.74) is 5.40. The Labute approximate surface area is 176 Å². The summed E-state index contributed by atoms with van der Waals surface area (Å²) in [7, 11) is 1.46. The summed E-state index contributed by atoms with van der Waals surface area (Å²) in [6, 6.07) is 13.9. The second-order valence-corrected chi connectivity index (χ2v) is 7.21. The fourth-order valence-corrected chi connectivity index (χ4v) is 3.81. The van der Waals surface area contributed by atoms with E-state index in [1.54, 1.807) is 12.3 Å². The highest BCUT2D eigenvalue weighted by Crippen LogP contribution is 2.30. The number of aromatic nitrogens is 2. The summed E-state index contributed by atoms with van der Waals surface area (Å²) in [5, 5.41) is 8.42. The molecular weight excluding hydrogens is 397 g/mol. The molecule has 3 N–H and O–H groups in total. The van der Waals surface area contributed by atoms with Crippen molar-refractivity contribution in [2.45, 2.75) is 6.54 Å². The molecule has 2 aromatic carbocycles. The maximum Gasteiger partial charge on any atom is 0.253 e. The van der Waals surface area contributed by atoms with Crippen molar-refractivity contribution in [2.75, 3.05) is 12.4 Å². The molecule has 1 aliphatic rings. The van der Waals surface area contributed by atoms with Crippen LogP contribution >= 0.6 is 0 Å². The summed E-state index contributed by atoms with van der Waals surface area (Å²) in [5.74, 6) is -1.14. The van der Waals surface area contributed by atoms with Crippen molar-refractivity contribution >= 4 is 28.8 Å². The number of hydrogen-bond donors (Lipinski definition) is 3. The fourth-order valence-electron chi connectivity index (χ4n) is 3.81. The van der Waals surface area contributed by atoms with Gasteiger partial charge in [-0.15, -0.1) is 0 Å². The van der Waals surface area contributed by atoms with Crippen LogP contribution in [0.1, 0.15) is 26.3 Å². The summed E-state index contributed by atoms with van der Waals surface area (Å²) in [6.07, 6.45) is 3.54. The number of halogens is 1. The molecule has 154 valence electrons. The predicted molar refractivity (Wildman–Crippen MR) is 115 cm³/mol. The van der Waals surface area contributed by atoms with Gasteiger partial charge in [-0.3, -0.25) is 14.0 Å². The summed E-state index contributed by atoms with van der Waals surface area (Å²) >= 11 is 0. The molecule has 0 atom stereocenters. The predicted octanol–water partition coefficient (Wildman–Crippen LogP) is 3.49. The van der Waals surface area contributed by atoms with Gasteiger partial charge in [0.1, 0.15) is 5.82 Å². The number of nitrogens with one attached hydrogen (secondary N) is 3. The van der Waals surface area contributed by atoms with Gasteiger partial charge in [0.25, 0.3) is 11.8 Å². The highest BCUT2D eigenvalue weighted by atomic mass is 19.1. The van der Waals surface area contributed by atoms with Crippen LogP contribution in [0.2, 0.25) is 0 Å². The van der Waals surface area contributed by atoms with Gasteiger partial charge in [-0.1, -0.05) is 6.07 Å². The van der Waals surface area contributed by atoms with Crippen molar-refractivity contribution in [2.24, 2.45) is 0 Å². The SMILES string of the molecule is CNC(=O)c1ccc(Nc2ccc(-c3ccc4c(c3)CNC4=O)n3ccnc23)cc1F. The molecule has 0 bridgehead atoms. The normalized spacial score (nSPS) is 12.5. The molecule has 0 saturated carbocycles. The molecular formula is C23H18FN5O2. The van der Waals surface area contributed by atoms with Crippen LogP contribution in [-0.2, 0) is 6.54 Å². The minimum Gasteiger partial charge on any atom is -0.355 e. The first-order valence-electron chi connectivity index (χ1n) is 9.71. The van der Waals surface area contributed by atoms with Crippen molar-refractivity contribution < 1.29 is 14.0 Å². The van der Waals surface area contributed by atoms with Crippen molar-refractivity contribution in [3.63, 3.8) is 0 Å². The number of fused-ring (bicyclic) bond motifs is 2. The lowest BCUT2D eigenvalue weighted by Crippen LogP contribution is -2.19. The van der Waals surface area contributed by atoms with E-state index in [1.807, 2.05) is 40.9 Å². The van der Waals surface area contributed by atoms with E-state index in [-0.39, 0.29) is 11.5 Å². The Balaban J connectivity index is 1.50. The van der Waals surface area contributed by atoms with Gasteiger partial charge in [-0.25, -0.2) is 9.37 Å². The van der Waals surface area contributed by atoms with Crippen molar-refractivity contribution in [1.82, 2.24) is 20.0 Å². The van der Waals surface area contributed by atoms with Crippen molar-refractivity contribution in [3.05, 3.63) is 83.4 Å². The molecule has 0 aliphatic carbocycles. The van der Waals surface area contributed by atoms with Gasteiger partial charge in [-0.05, 0) is 53.6 Å². The quantitative estimate of drug-likeness (QED) is 0.476. The van der Waals surface area contributed by atoms with E-state index in [2.05, 4.69) is 20.9 Å². The average Bonchev–Trinajstić information content (AvgIpc) is 3.41. The lowest BCUT2D eigenvalue weighted by atomic mass is 10.0. The number of amides is 2. The number of carbonyl (C=O) groups is 2. The summed E-state index contributed by atoms with van der Waals surface area (Å²) in [4.78, 5) is 28.0. The van der Waals surface area contributed by atoms with Crippen LogP contribution in [-0.4, -0.2) is 28.2 Å². The number of pyridine rings is 1. The van der Waals surface area contributed by atoms with E-state index in [0.717, 1.165) is 16.8 Å². The Bertz CT molecular complexity index is 1360. The maximum absolute atomic E-state index is 14.3. The van der Waals surface area contributed by atoms with Crippen LogP contribution in [0, 0.1) is 5.82 Å². The number of benzene rings is 2. The smallest absolute Gasteiger partial charge is 0.253 e. The minimum absolute atomic E-state index is 0.0149. The highest BCUT2D eigenvalue weighted by Gasteiger charge is 2.20. The van der Waals surface area contributed by atoms with E-state index >= 15 is 0 Å². The third kappa shape index (κ3) is 3.18. The molecule has 5 rings (SSSR count). The van der Waals surface area contributed by atoms with Gasteiger partial charge in [0.2, 0.25) is 0 Å². The molecule has 0 unspecified atom stereocenters. The second kappa shape index (κ2) is 7.24. The molecule has 4 aromatic rings. The molecule has 0 saturated heterocycles. The molecule has 0 fully saturated rings. The molecule has 8 heteroatoms. The molecule has 0 spiro atoms. The van der Waals surface area contributed by atoms with E-state index < -0.39 is 11.7 Å². The van der Waals surface area contributed by atoms with E-state index in [1.165, 1.54) is 19.2 Å². The number of carbonyl (C=O) groups excluding carboxylic acids is 2. The maximum atomic E-state index is 14.3. The van der Waals surface area contributed by atoms with E-state index in [9.17, 15) is 14.0 Å². The van der Waals surface area contributed by atoms with Crippen LogP contribution in [0.25, 0.3) is 16.9 Å². The van der Waals surface area contributed by atoms with Crippen molar-refractivity contribution in [1.29, 1.82) is 0 Å². The Hall–Kier alpha value is -4.20. The molecule has 0 radical (unpaired) electrons. The number of imidazole rings is 1. The first-order valence-corrected chi connectivity index (χ1v) is 9.71. The number of rotatable bonds is 4. The third-order valence-electron chi connectivity index (χ3n) is 5.35. The van der Waals surface area contributed by atoms with E-state index in [0.29, 0.717) is 29.1 Å². The minimum atomic E-state index is -0.610. The lowest BCUT2D eigenvalue weighted by molar-refractivity contribution is 0.0953. The average molecular weight is 415 g/mol. The fraction of sp³-hybridized carbons (Fsp3) is 0.0870. The zero-order valence-electron chi connectivity index (χ0n) is 16.6.